The predicted octanol–water partition coefficient (Wildman–Crippen LogP) is 5.29. The average Bonchev–Trinajstić information content (AvgIpc) is 3.32. The first kappa shape index (κ1) is 28.2. The van der Waals surface area contributed by atoms with Crippen LogP contribution in [-0.4, -0.2) is 68.9 Å². The number of fused-ring (bicyclic) bond motifs is 1. The molecule has 1 aliphatic rings. The maximum absolute atomic E-state index is 13.4. The lowest BCUT2D eigenvalue weighted by Gasteiger charge is -2.27. The van der Waals surface area contributed by atoms with E-state index in [1.165, 1.54) is 16.9 Å². The van der Waals surface area contributed by atoms with Crippen LogP contribution in [-0.2, 0) is 9.53 Å². The molecule has 2 aromatic carbocycles. The Balaban J connectivity index is 0.00000361. The van der Waals surface area contributed by atoms with Crippen LogP contribution in [0.5, 0.6) is 11.5 Å². The minimum absolute atomic E-state index is 0. The van der Waals surface area contributed by atoms with Crippen LogP contribution in [0.15, 0.2) is 36.4 Å². The van der Waals surface area contributed by atoms with Crippen molar-refractivity contribution in [3.05, 3.63) is 47.5 Å². The number of halogens is 1. The van der Waals surface area contributed by atoms with Crippen LogP contribution in [0, 0.1) is 6.92 Å². The molecular weight excluding hydrogens is 498 g/mol. The van der Waals surface area contributed by atoms with Gasteiger partial charge in [-0.05, 0) is 48.6 Å². The number of rotatable bonds is 10. The van der Waals surface area contributed by atoms with Crippen molar-refractivity contribution >= 4 is 45.0 Å². The Labute approximate surface area is 223 Å². The molecule has 1 aliphatic heterocycles. The summed E-state index contributed by atoms with van der Waals surface area (Å²) in [4.78, 5) is 22.4. The molecular formula is C27H36ClN3O4S. The fourth-order valence-corrected chi connectivity index (χ4v) is 5.25. The summed E-state index contributed by atoms with van der Waals surface area (Å²) in [5.41, 5.74) is 3.16. The molecule has 0 bridgehead atoms. The highest BCUT2D eigenvalue weighted by atomic mass is 35.5. The Hall–Kier alpha value is -2.39. The third kappa shape index (κ3) is 6.88. The van der Waals surface area contributed by atoms with Gasteiger partial charge in [-0.25, -0.2) is 4.98 Å². The van der Waals surface area contributed by atoms with E-state index in [4.69, 9.17) is 19.2 Å². The van der Waals surface area contributed by atoms with Crippen molar-refractivity contribution < 1.29 is 19.0 Å². The molecule has 2 heterocycles. The Bertz CT molecular complexity index is 1130. The van der Waals surface area contributed by atoms with E-state index in [-0.39, 0.29) is 24.9 Å². The van der Waals surface area contributed by atoms with Crippen LogP contribution < -0.4 is 14.4 Å². The van der Waals surface area contributed by atoms with Gasteiger partial charge in [-0.15, -0.1) is 12.4 Å². The zero-order valence-corrected chi connectivity index (χ0v) is 23.1. The van der Waals surface area contributed by atoms with Crippen molar-refractivity contribution in [1.82, 2.24) is 9.88 Å². The number of anilines is 1. The van der Waals surface area contributed by atoms with Crippen molar-refractivity contribution in [3.8, 4) is 11.5 Å². The summed E-state index contributed by atoms with van der Waals surface area (Å²) in [5.74, 6) is 1.76. The van der Waals surface area contributed by atoms with Crippen LogP contribution in [0.2, 0.25) is 0 Å². The smallest absolute Gasteiger partial charge is 0.266 e. The predicted molar refractivity (Wildman–Crippen MR) is 148 cm³/mol. The quantitative estimate of drug-likeness (QED) is 0.353. The lowest BCUT2D eigenvalue weighted by molar-refractivity contribution is -0.120. The van der Waals surface area contributed by atoms with E-state index >= 15 is 0 Å². The maximum Gasteiger partial charge on any atom is 0.266 e. The maximum atomic E-state index is 13.4. The Kier molecular flexibility index (Phi) is 10.4. The van der Waals surface area contributed by atoms with Gasteiger partial charge < -0.3 is 14.2 Å². The summed E-state index contributed by atoms with van der Waals surface area (Å²) >= 11 is 1.53. The van der Waals surface area contributed by atoms with Gasteiger partial charge in [0, 0.05) is 26.2 Å². The topological polar surface area (TPSA) is 64.1 Å². The van der Waals surface area contributed by atoms with Crippen molar-refractivity contribution in [2.75, 3.05) is 58.0 Å². The van der Waals surface area contributed by atoms with Crippen molar-refractivity contribution in [2.24, 2.45) is 0 Å². The number of carbonyl (C=O) groups excluding carboxylic acids is 1. The second kappa shape index (κ2) is 13.2. The van der Waals surface area contributed by atoms with E-state index in [0.717, 1.165) is 60.8 Å². The molecule has 0 saturated carbocycles. The molecule has 0 spiro atoms. The van der Waals surface area contributed by atoms with E-state index in [1.807, 2.05) is 36.4 Å². The number of nitrogens with zero attached hydrogens (tertiary/aromatic N) is 3. The number of thiazole rings is 1. The van der Waals surface area contributed by atoms with Crippen molar-refractivity contribution in [2.45, 2.75) is 33.1 Å². The number of hydrogen-bond acceptors (Lipinski definition) is 7. The minimum atomic E-state index is -0.101. The SMILES string of the molecule is COc1ccc(C)c2sc(N(CCCN3CCOCC3)C(=O)COc3ccc(C(C)C)cc3)nc12.Cl. The number of aryl methyl sites for hydroxylation is 1. The van der Waals surface area contributed by atoms with Crippen LogP contribution in [0.25, 0.3) is 10.2 Å². The zero-order chi connectivity index (χ0) is 24.8. The van der Waals surface area contributed by atoms with Gasteiger partial charge in [0.2, 0.25) is 0 Å². The second-order valence-corrected chi connectivity index (χ2v) is 10.1. The molecule has 0 N–H and O–H groups in total. The monoisotopic (exact) mass is 533 g/mol. The van der Waals surface area contributed by atoms with Crippen LogP contribution in [0.3, 0.4) is 0 Å². The Morgan fingerprint density at radius 3 is 2.56 bits per heavy atom. The highest BCUT2D eigenvalue weighted by Gasteiger charge is 2.23. The number of ether oxygens (including phenoxy) is 3. The third-order valence-electron chi connectivity index (χ3n) is 6.31. The average molecular weight is 534 g/mol. The van der Waals surface area contributed by atoms with Crippen LogP contribution in [0.1, 0.15) is 37.3 Å². The van der Waals surface area contributed by atoms with E-state index < -0.39 is 0 Å². The molecule has 4 rings (SSSR count). The number of amides is 1. The number of morpholine rings is 1. The Morgan fingerprint density at radius 2 is 1.89 bits per heavy atom. The molecule has 3 aromatic rings. The van der Waals surface area contributed by atoms with Gasteiger partial charge in [-0.2, -0.15) is 0 Å². The summed E-state index contributed by atoms with van der Waals surface area (Å²) < 4.78 is 17.9. The van der Waals surface area contributed by atoms with Gasteiger partial charge in [0.25, 0.3) is 5.91 Å². The number of hydrogen-bond donors (Lipinski definition) is 0. The standard InChI is InChI=1S/C27H35N3O4S.ClH/c1-19(2)21-7-9-22(10-8-21)34-18-24(31)30(13-5-12-29-14-16-33-17-15-29)27-28-25-23(32-4)11-6-20(3)26(25)35-27;/h6-11,19H,5,12-18H2,1-4H3;1H. The molecule has 0 aliphatic carbocycles. The van der Waals surface area contributed by atoms with Gasteiger partial charge in [0.05, 0.1) is 25.0 Å². The first-order valence-electron chi connectivity index (χ1n) is 12.2. The van der Waals surface area contributed by atoms with Crippen LogP contribution in [0.4, 0.5) is 5.13 Å². The van der Waals surface area contributed by atoms with Crippen molar-refractivity contribution in [3.63, 3.8) is 0 Å². The molecule has 0 unspecified atom stereocenters. The number of aromatic nitrogens is 1. The number of carbonyl (C=O) groups is 1. The molecule has 0 atom stereocenters. The van der Waals surface area contributed by atoms with Crippen molar-refractivity contribution in [1.29, 1.82) is 0 Å². The van der Waals surface area contributed by atoms with Gasteiger partial charge in [-0.1, -0.05) is 43.4 Å². The van der Waals surface area contributed by atoms with Gasteiger partial charge in [0.1, 0.15) is 17.0 Å². The molecule has 9 heteroatoms. The molecule has 1 saturated heterocycles. The fourth-order valence-electron chi connectivity index (χ4n) is 4.15. The van der Waals surface area contributed by atoms with Gasteiger partial charge in [-0.3, -0.25) is 14.6 Å². The molecule has 0 radical (unpaired) electrons. The third-order valence-corrected chi connectivity index (χ3v) is 7.53. The molecule has 196 valence electrons. The summed E-state index contributed by atoms with van der Waals surface area (Å²) in [6.45, 7) is 11.2. The van der Waals surface area contributed by atoms with E-state index in [9.17, 15) is 4.79 Å². The molecule has 7 nitrogen and oxygen atoms in total. The molecule has 1 aromatic heterocycles. The van der Waals surface area contributed by atoms with E-state index in [0.29, 0.717) is 23.3 Å². The number of methoxy groups -OCH3 is 1. The normalized spacial score (nSPS) is 14.0. The lowest BCUT2D eigenvalue weighted by atomic mass is 10.0. The lowest BCUT2D eigenvalue weighted by Crippen LogP contribution is -2.40. The minimum Gasteiger partial charge on any atom is -0.494 e. The summed E-state index contributed by atoms with van der Waals surface area (Å²) in [5, 5.41) is 0.679. The van der Waals surface area contributed by atoms with E-state index in [2.05, 4.69) is 25.7 Å². The summed E-state index contributed by atoms with van der Waals surface area (Å²) in [6.07, 6.45) is 0.848. The fraction of sp³-hybridized carbons (Fsp3) is 0.481. The molecule has 1 fully saturated rings. The zero-order valence-electron chi connectivity index (χ0n) is 21.5. The second-order valence-electron chi connectivity index (χ2n) is 9.12. The Morgan fingerprint density at radius 1 is 1.17 bits per heavy atom. The van der Waals surface area contributed by atoms with E-state index in [1.54, 1.807) is 12.0 Å². The first-order chi connectivity index (χ1) is 17.0. The highest BCUT2D eigenvalue weighted by molar-refractivity contribution is 7.22. The first-order valence-corrected chi connectivity index (χ1v) is 13.0. The number of benzene rings is 2. The van der Waals surface area contributed by atoms with Gasteiger partial charge >= 0.3 is 0 Å². The van der Waals surface area contributed by atoms with Crippen LogP contribution >= 0.6 is 23.7 Å². The molecule has 36 heavy (non-hydrogen) atoms. The highest BCUT2D eigenvalue weighted by Crippen LogP contribution is 2.36. The molecule has 1 amide bonds. The largest absolute Gasteiger partial charge is 0.494 e. The summed E-state index contributed by atoms with van der Waals surface area (Å²) in [7, 11) is 1.65. The van der Waals surface area contributed by atoms with Gasteiger partial charge in [0.15, 0.2) is 11.7 Å². The summed E-state index contributed by atoms with van der Waals surface area (Å²) in [6, 6.07) is 11.9.